The summed E-state index contributed by atoms with van der Waals surface area (Å²) < 4.78 is 1.81. The first-order valence-electron chi connectivity index (χ1n) is 14.1. The monoisotopic (exact) mass is 563 g/mol. The van der Waals surface area contributed by atoms with Crippen molar-refractivity contribution in [1.82, 2.24) is 14.6 Å². The predicted molar refractivity (Wildman–Crippen MR) is 168 cm³/mol. The first-order valence-corrected chi connectivity index (χ1v) is 15.6. The highest BCUT2D eigenvalue weighted by Crippen LogP contribution is 2.38. The number of nitrogens with one attached hydrogen (secondary N) is 2. The van der Waals surface area contributed by atoms with Gasteiger partial charge in [-0.2, -0.15) is 9.61 Å². The van der Waals surface area contributed by atoms with Crippen molar-refractivity contribution >= 4 is 36.9 Å². The van der Waals surface area contributed by atoms with Gasteiger partial charge in [0.25, 0.3) is 0 Å². The van der Waals surface area contributed by atoms with Crippen LogP contribution in [0.5, 0.6) is 5.75 Å². The molecule has 41 heavy (non-hydrogen) atoms. The average molecular weight is 564 g/mol. The second-order valence-electron chi connectivity index (χ2n) is 10.6. The number of fused-ring (bicyclic) bond motifs is 1. The highest BCUT2D eigenvalue weighted by Gasteiger charge is 2.32. The summed E-state index contributed by atoms with van der Waals surface area (Å²) in [4.78, 5) is 18.4. The number of amides is 1. The van der Waals surface area contributed by atoms with Crippen LogP contribution < -0.4 is 15.9 Å². The molecule has 2 heterocycles. The Bertz CT molecular complexity index is 1660. The van der Waals surface area contributed by atoms with E-state index < -0.39 is 0 Å². The molecule has 2 atom stereocenters. The Morgan fingerprint density at radius 1 is 1.02 bits per heavy atom. The Hall–Kier alpha value is -4.22. The number of rotatable bonds is 9. The zero-order valence-electron chi connectivity index (χ0n) is 23.0. The number of aromatic nitrogens is 3. The molecule has 5 aromatic rings. The van der Waals surface area contributed by atoms with E-state index >= 15 is 0 Å². The Morgan fingerprint density at radius 2 is 1.80 bits per heavy atom. The van der Waals surface area contributed by atoms with Crippen LogP contribution in [0.3, 0.4) is 0 Å². The lowest BCUT2D eigenvalue weighted by atomic mass is 9.84. The number of carbonyl (C=O) groups is 1. The second kappa shape index (κ2) is 12.1. The third-order valence-electron chi connectivity index (χ3n) is 7.90. The van der Waals surface area contributed by atoms with Crippen LogP contribution in [0.2, 0.25) is 0 Å². The van der Waals surface area contributed by atoms with Crippen LogP contribution in [0.15, 0.2) is 91.1 Å². The summed E-state index contributed by atoms with van der Waals surface area (Å²) in [6.07, 6.45) is 6.41. The number of carbonyl (C=O) groups excluding carboxylic acids is 1. The summed E-state index contributed by atoms with van der Waals surface area (Å²) in [6, 6.07) is 27.3. The van der Waals surface area contributed by atoms with Crippen LogP contribution in [-0.2, 0) is 11.3 Å². The van der Waals surface area contributed by atoms with Gasteiger partial charge in [-0.05, 0) is 60.8 Å². The summed E-state index contributed by atoms with van der Waals surface area (Å²) in [7, 11) is 0.539. The maximum absolute atomic E-state index is 13.6. The van der Waals surface area contributed by atoms with E-state index in [0.29, 0.717) is 32.3 Å². The molecule has 6 rings (SSSR count). The Kier molecular flexibility index (Phi) is 7.97. The number of hydrogen-bond donors (Lipinski definition) is 3. The molecule has 7 nitrogen and oxygen atoms in total. The number of aromatic hydroxyl groups is 1. The van der Waals surface area contributed by atoms with Crippen molar-refractivity contribution in [3.05, 3.63) is 102 Å². The fraction of sp³-hybridized carbons (Fsp3) is 0.242. The molecule has 1 amide bonds. The van der Waals surface area contributed by atoms with Gasteiger partial charge in [-0.3, -0.25) is 4.79 Å². The van der Waals surface area contributed by atoms with E-state index in [1.165, 1.54) is 12.8 Å². The van der Waals surface area contributed by atoms with Crippen LogP contribution in [-0.4, -0.2) is 32.3 Å². The zero-order chi connectivity index (χ0) is 28.2. The lowest BCUT2D eigenvalue weighted by Crippen LogP contribution is -2.26. The van der Waals surface area contributed by atoms with Crippen LogP contribution in [0, 0.1) is 5.92 Å². The van der Waals surface area contributed by atoms with E-state index in [4.69, 9.17) is 4.98 Å². The molecule has 0 spiro atoms. The fourth-order valence-corrected chi connectivity index (χ4v) is 6.43. The van der Waals surface area contributed by atoms with Gasteiger partial charge >= 0.3 is 0 Å². The third-order valence-corrected chi connectivity index (χ3v) is 8.79. The Balaban J connectivity index is 1.23. The third kappa shape index (κ3) is 5.82. The maximum Gasteiger partial charge on any atom is 0.232 e. The highest BCUT2D eigenvalue weighted by molar-refractivity contribution is 7.46. The minimum absolute atomic E-state index is 0.0563. The predicted octanol–water partition coefficient (Wildman–Crippen LogP) is 6.56. The van der Waals surface area contributed by atoms with E-state index in [1.54, 1.807) is 12.1 Å². The molecule has 2 unspecified atom stereocenters. The molecule has 1 saturated carbocycles. The molecule has 0 radical (unpaired) electrons. The molecule has 8 heteroatoms. The van der Waals surface area contributed by atoms with Crippen molar-refractivity contribution in [3.63, 3.8) is 0 Å². The quantitative estimate of drug-likeness (QED) is 0.177. The van der Waals surface area contributed by atoms with Gasteiger partial charge in [0.1, 0.15) is 11.6 Å². The Labute approximate surface area is 241 Å². The molecular weight excluding hydrogens is 529 g/mol. The number of hydrogen-bond acceptors (Lipinski definition) is 5. The highest BCUT2D eigenvalue weighted by atomic mass is 31.1. The molecule has 208 valence electrons. The van der Waals surface area contributed by atoms with Crippen molar-refractivity contribution in [1.29, 1.82) is 0 Å². The van der Waals surface area contributed by atoms with Crippen LogP contribution in [0.25, 0.3) is 16.9 Å². The van der Waals surface area contributed by atoms with Gasteiger partial charge in [0.15, 0.2) is 5.65 Å². The number of nitrogens with zero attached hydrogens (tertiary/aromatic N) is 3. The lowest BCUT2D eigenvalue weighted by Gasteiger charge is -2.23. The van der Waals surface area contributed by atoms with Crippen molar-refractivity contribution in [2.75, 3.05) is 17.3 Å². The summed E-state index contributed by atoms with van der Waals surface area (Å²) in [5.74, 6) is 1.24. The van der Waals surface area contributed by atoms with Gasteiger partial charge < -0.3 is 15.7 Å². The molecule has 0 bridgehead atoms. The molecule has 2 aromatic heterocycles. The van der Waals surface area contributed by atoms with Crippen LogP contribution >= 0.6 is 8.58 Å². The van der Waals surface area contributed by atoms with E-state index in [2.05, 4.69) is 34.5 Å². The first kappa shape index (κ1) is 27.0. The average Bonchev–Trinajstić information content (AvgIpc) is 3.67. The zero-order valence-corrected chi connectivity index (χ0v) is 24.0. The minimum atomic E-state index is -0.147. The SMILES string of the molecule is CPc1cnn2c(NCc3cccc(NC(=O)C(c4ccccc4)C4CCCC4)c3)cc(-c3ccccc3O)nc12. The first-order chi connectivity index (χ1) is 20.1. The molecular formula is C33H34N5O2P. The molecule has 1 aliphatic carbocycles. The van der Waals surface area contributed by atoms with Crippen molar-refractivity contribution in [3.8, 4) is 17.0 Å². The van der Waals surface area contributed by atoms with E-state index in [0.717, 1.165) is 46.4 Å². The molecule has 1 fully saturated rings. The normalized spacial score (nSPS) is 14.6. The molecule has 3 N–H and O–H groups in total. The second-order valence-corrected chi connectivity index (χ2v) is 11.6. The van der Waals surface area contributed by atoms with Gasteiger partial charge in [0.05, 0.1) is 17.8 Å². The van der Waals surface area contributed by atoms with Gasteiger partial charge in [0.2, 0.25) is 5.91 Å². The number of para-hydroxylation sites is 1. The van der Waals surface area contributed by atoms with E-state index in [1.807, 2.05) is 71.4 Å². The number of phenols is 1. The van der Waals surface area contributed by atoms with Crippen LogP contribution in [0.1, 0.15) is 42.7 Å². The topological polar surface area (TPSA) is 91.5 Å². The fourth-order valence-electron chi connectivity index (χ4n) is 5.85. The maximum atomic E-state index is 13.6. The number of anilines is 2. The summed E-state index contributed by atoms with van der Waals surface area (Å²) in [5, 5.41) is 22.8. The van der Waals surface area contributed by atoms with Crippen molar-refractivity contribution in [2.45, 2.75) is 38.1 Å². The summed E-state index contributed by atoms with van der Waals surface area (Å²) in [6.45, 7) is 2.63. The molecule has 3 aromatic carbocycles. The molecule has 0 saturated heterocycles. The molecule has 1 aliphatic rings. The number of benzene rings is 3. The van der Waals surface area contributed by atoms with Gasteiger partial charge in [0, 0.05) is 29.2 Å². The standard InChI is InChI=1S/C33H34N5O2P/c1-41-29-21-35-38-30(19-27(37-32(29)38)26-16-7-8-17-28(26)39)34-20-22-10-9-15-25(18-22)36-33(40)31(24-13-5-6-14-24)23-11-3-2-4-12-23/h2-4,7-12,15-19,21,24,31,34,39,41H,5-6,13-14,20H2,1H3,(H,36,40). The Morgan fingerprint density at radius 3 is 2.59 bits per heavy atom. The van der Waals surface area contributed by atoms with E-state index in [-0.39, 0.29) is 17.6 Å². The van der Waals surface area contributed by atoms with Gasteiger partial charge in [-0.1, -0.05) is 76.0 Å². The lowest BCUT2D eigenvalue weighted by molar-refractivity contribution is -0.118. The van der Waals surface area contributed by atoms with Gasteiger partial charge in [-0.25, -0.2) is 4.98 Å². The minimum Gasteiger partial charge on any atom is -0.507 e. The summed E-state index contributed by atoms with van der Waals surface area (Å²) >= 11 is 0. The smallest absolute Gasteiger partial charge is 0.232 e. The van der Waals surface area contributed by atoms with E-state index in [9.17, 15) is 9.90 Å². The van der Waals surface area contributed by atoms with Crippen molar-refractivity contribution < 1.29 is 9.90 Å². The largest absolute Gasteiger partial charge is 0.507 e. The van der Waals surface area contributed by atoms with Crippen molar-refractivity contribution in [2.24, 2.45) is 5.92 Å². The number of phenolic OH excluding ortho intramolecular Hbond substituents is 1. The van der Waals surface area contributed by atoms with Crippen LogP contribution in [0.4, 0.5) is 11.5 Å². The van der Waals surface area contributed by atoms with Gasteiger partial charge in [-0.15, -0.1) is 0 Å². The molecule has 0 aliphatic heterocycles. The summed E-state index contributed by atoms with van der Waals surface area (Å²) in [5.41, 5.74) is 5.02.